The van der Waals surface area contributed by atoms with Crippen molar-refractivity contribution in [2.24, 2.45) is 0 Å². The Hall–Kier alpha value is -1.61. The minimum absolute atomic E-state index is 0.0657. The highest BCUT2D eigenvalue weighted by Gasteiger charge is 2.24. The number of rotatable bonds is 2. The molecule has 0 saturated heterocycles. The third-order valence-electron chi connectivity index (χ3n) is 2.11. The molecule has 0 N–H and O–H groups in total. The molecule has 4 nitrogen and oxygen atoms in total. The number of nitrogens with zero attached hydrogens (tertiary/aromatic N) is 3. The van der Waals surface area contributed by atoms with Crippen molar-refractivity contribution >= 4 is 46.3 Å². The number of halogens is 2. The molecule has 0 radical (unpaired) electrons. The Morgan fingerprint density at radius 1 is 1.33 bits per heavy atom. The third kappa shape index (κ3) is 2.31. The van der Waals surface area contributed by atoms with E-state index in [2.05, 4.69) is 4.37 Å². The maximum atomic E-state index is 12.1. The number of hydrogen-bond acceptors (Lipinski definition) is 4. The van der Waals surface area contributed by atoms with Gasteiger partial charge in [0.1, 0.15) is 9.90 Å². The van der Waals surface area contributed by atoms with Crippen molar-refractivity contribution in [2.45, 2.75) is 0 Å². The van der Waals surface area contributed by atoms with Gasteiger partial charge in [-0.3, -0.25) is 4.79 Å². The number of para-hydroxylation sites is 1. The van der Waals surface area contributed by atoms with Crippen LogP contribution in [0, 0.1) is 11.5 Å². The fraction of sp³-hybridized carbons (Fsp3) is 0. The smallest absolute Gasteiger partial charge is 0.266 e. The van der Waals surface area contributed by atoms with E-state index < -0.39 is 5.91 Å². The zero-order valence-corrected chi connectivity index (χ0v) is 11.1. The van der Waals surface area contributed by atoms with Gasteiger partial charge >= 0.3 is 0 Å². The first-order valence-electron chi connectivity index (χ1n) is 4.75. The molecule has 2 rings (SSSR count). The van der Waals surface area contributed by atoms with Gasteiger partial charge in [-0.15, -0.1) is 0 Å². The molecule has 1 amide bonds. The highest BCUT2D eigenvalue weighted by Crippen LogP contribution is 2.30. The summed E-state index contributed by atoms with van der Waals surface area (Å²) in [6, 6.07) is 8.55. The second-order valence-corrected chi connectivity index (χ2v) is 4.70. The summed E-state index contributed by atoms with van der Waals surface area (Å²) in [6.07, 6.45) is 1.81. The third-order valence-corrected chi connectivity index (χ3v) is 3.89. The Bertz CT molecular complexity index is 621. The number of anilines is 1. The molecule has 0 fully saturated rings. The fourth-order valence-electron chi connectivity index (χ4n) is 1.29. The van der Waals surface area contributed by atoms with Crippen LogP contribution >= 0.6 is 34.7 Å². The van der Waals surface area contributed by atoms with E-state index in [0.717, 1.165) is 16.4 Å². The molecule has 1 aromatic carbocycles. The molecule has 1 heterocycles. The lowest BCUT2D eigenvalue weighted by Crippen LogP contribution is -2.24. The van der Waals surface area contributed by atoms with Gasteiger partial charge in [0.2, 0.25) is 0 Å². The van der Waals surface area contributed by atoms with Gasteiger partial charge in [0.15, 0.2) is 11.3 Å². The summed E-state index contributed by atoms with van der Waals surface area (Å²) in [7, 11) is 0. The highest BCUT2D eigenvalue weighted by atomic mass is 35.5. The number of hydrogen-bond donors (Lipinski definition) is 0. The van der Waals surface area contributed by atoms with Gasteiger partial charge in [0.05, 0.1) is 5.69 Å². The number of amides is 1. The first-order chi connectivity index (χ1) is 8.65. The summed E-state index contributed by atoms with van der Waals surface area (Å²) in [5.41, 5.74) is 0.464. The minimum atomic E-state index is -0.543. The zero-order valence-electron chi connectivity index (χ0n) is 8.80. The molecule has 1 aromatic heterocycles. The lowest BCUT2D eigenvalue weighted by Gasteiger charge is -2.12. The number of aromatic nitrogens is 1. The lowest BCUT2D eigenvalue weighted by atomic mass is 10.3. The van der Waals surface area contributed by atoms with Crippen molar-refractivity contribution in [1.29, 1.82) is 5.26 Å². The van der Waals surface area contributed by atoms with Crippen molar-refractivity contribution < 1.29 is 4.79 Å². The number of nitriles is 1. The Balaban J connectivity index is 2.39. The molecule has 90 valence electrons. The van der Waals surface area contributed by atoms with Gasteiger partial charge in [-0.1, -0.05) is 41.4 Å². The average Bonchev–Trinajstić information content (AvgIpc) is 2.72. The molecular weight excluding hydrogens is 293 g/mol. The van der Waals surface area contributed by atoms with Crippen LogP contribution in [0.5, 0.6) is 0 Å². The molecule has 0 unspecified atom stereocenters. The van der Waals surface area contributed by atoms with Crippen molar-refractivity contribution in [3.05, 3.63) is 45.4 Å². The summed E-state index contributed by atoms with van der Waals surface area (Å²) in [5.74, 6) is -0.543. The van der Waals surface area contributed by atoms with Crippen LogP contribution in [0.2, 0.25) is 10.2 Å². The Morgan fingerprint density at radius 2 is 2.00 bits per heavy atom. The van der Waals surface area contributed by atoms with Crippen LogP contribution in [0.4, 0.5) is 5.69 Å². The van der Waals surface area contributed by atoms with E-state index in [0.29, 0.717) is 5.69 Å². The first kappa shape index (κ1) is 12.8. The molecule has 2 aromatic rings. The van der Waals surface area contributed by atoms with Crippen LogP contribution < -0.4 is 4.90 Å². The summed E-state index contributed by atoms with van der Waals surface area (Å²) in [6.45, 7) is 0. The molecular formula is C11H5Cl2N3OS. The van der Waals surface area contributed by atoms with Crippen LogP contribution in [0.15, 0.2) is 30.3 Å². The quantitative estimate of drug-likeness (QED) is 0.629. The minimum Gasteiger partial charge on any atom is -0.266 e. The summed E-state index contributed by atoms with van der Waals surface area (Å²) in [5, 5.41) is 9.21. The van der Waals surface area contributed by atoms with E-state index in [4.69, 9.17) is 28.5 Å². The van der Waals surface area contributed by atoms with Gasteiger partial charge in [0, 0.05) is 0 Å². The van der Waals surface area contributed by atoms with Crippen LogP contribution in [-0.2, 0) is 0 Å². The zero-order chi connectivity index (χ0) is 13.1. The van der Waals surface area contributed by atoms with Gasteiger partial charge in [-0.05, 0) is 23.7 Å². The SMILES string of the molecule is N#CN(C(=O)c1snc(Cl)c1Cl)c1ccccc1. The number of carbonyl (C=O) groups excluding carboxylic acids is 1. The second-order valence-electron chi connectivity index (χ2n) is 3.19. The van der Waals surface area contributed by atoms with Gasteiger partial charge in [-0.2, -0.15) is 9.64 Å². The highest BCUT2D eigenvalue weighted by molar-refractivity contribution is 7.09. The van der Waals surface area contributed by atoms with Crippen LogP contribution in [0.1, 0.15) is 9.67 Å². The van der Waals surface area contributed by atoms with E-state index >= 15 is 0 Å². The molecule has 0 aliphatic rings. The molecule has 0 aliphatic heterocycles. The maximum Gasteiger partial charge on any atom is 0.284 e. The number of benzene rings is 1. The predicted octanol–water partition coefficient (Wildman–Crippen LogP) is 3.58. The maximum absolute atomic E-state index is 12.1. The number of carbonyl (C=O) groups is 1. The topological polar surface area (TPSA) is 57.0 Å². The van der Waals surface area contributed by atoms with Crippen molar-refractivity contribution in [2.75, 3.05) is 4.90 Å². The normalized spacial score (nSPS) is 9.83. The van der Waals surface area contributed by atoms with E-state index in [-0.39, 0.29) is 15.1 Å². The monoisotopic (exact) mass is 297 g/mol. The van der Waals surface area contributed by atoms with E-state index in [1.165, 1.54) is 0 Å². The molecule has 0 bridgehead atoms. The van der Waals surface area contributed by atoms with Crippen LogP contribution in [0.25, 0.3) is 0 Å². The fourth-order valence-corrected chi connectivity index (χ4v) is 2.43. The Kier molecular flexibility index (Phi) is 3.82. The predicted molar refractivity (Wildman–Crippen MR) is 71.0 cm³/mol. The average molecular weight is 298 g/mol. The van der Waals surface area contributed by atoms with Crippen molar-refractivity contribution in [1.82, 2.24) is 4.37 Å². The van der Waals surface area contributed by atoms with E-state index in [1.807, 2.05) is 6.19 Å². The Morgan fingerprint density at radius 3 is 2.50 bits per heavy atom. The van der Waals surface area contributed by atoms with E-state index in [9.17, 15) is 4.79 Å². The van der Waals surface area contributed by atoms with Gasteiger partial charge < -0.3 is 0 Å². The molecule has 7 heteroatoms. The molecule has 0 aliphatic carbocycles. The summed E-state index contributed by atoms with van der Waals surface area (Å²) < 4.78 is 3.77. The van der Waals surface area contributed by atoms with Gasteiger partial charge in [0.25, 0.3) is 5.91 Å². The lowest BCUT2D eigenvalue weighted by molar-refractivity contribution is 0.100. The standard InChI is InChI=1S/C11H5Cl2N3OS/c12-8-9(18-15-10(8)13)11(17)16(6-14)7-4-2-1-3-5-7/h1-5H. The largest absolute Gasteiger partial charge is 0.284 e. The van der Waals surface area contributed by atoms with Crippen LogP contribution in [0.3, 0.4) is 0 Å². The van der Waals surface area contributed by atoms with Crippen LogP contribution in [-0.4, -0.2) is 10.3 Å². The van der Waals surface area contributed by atoms with E-state index in [1.54, 1.807) is 30.3 Å². The Labute approximate surface area is 117 Å². The summed E-state index contributed by atoms with van der Waals surface area (Å²) in [4.78, 5) is 13.2. The van der Waals surface area contributed by atoms with Crippen molar-refractivity contribution in [3.8, 4) is 6.19 Å². The molecule has 0 saturated carbocycles. The molecule has 0 spiro atoms. The van der Waals surface area contributed by atoms with Crippen molar-refractivity contribution in [3.63, 3.8) is 0 Å². The second kappa shape index (κ2) is 5.36. The first-order valence-corrected chi connectivity index (χ1v) is 6.28. The molecule has 0 atom stereocenters. The molecule has 18 heavy (non-hydrogen) atoms. The van der Waals surface area contributed by atoms with Gasteiger partial charge in [-0.25, -0.2) is 4.90 Å². The summed E-state index contributed by atoms with van der Waals surface area (Å²) >= 11 is 12.4.